The maximum atomic E-state index is 13.5. The quantitative estimate of drug-likeness (QED) is 0.191. The monoisotopic (exact) mass is 514 g/mol. The Labute approximate surface area is 218 Å². The first-order valence-corrected chi connectivity index (χ1v) is 12.6. The van der Waals surface area contributed by atoms with Gasteiger partial charge in [-0.2, -0.15) is 0 Å². The summed E-state index contributed by atoms with van der Waals surface area (Å²) in [7, 11) is 3.14. The fourth-order valence-electron chi connectivity index (χ4n) is 4.44. The van der Waals surface area contributed by atoms with Crippen molar-refractivity contribution < 1.29 is 24.2 Å². The number of ketones is 1. The standard InChI is InChI=1S/C29H26N2O5S/c1-16(2)17-5-7-18(8-6-17)25-24(26(32)19-9-11-20(35-3)12-10-19)27(33)28(34)31(25)29-30-22-14-13-21(36-4)15-23(22)37-29/h5-16,25,32H,1-4H3. The fraction of sp³-hybridized carbons (Fsp3) is 0.207. The van der Waals surface area contributed by atoms with Gasteiger partial charge in [-0.3, -0.25) is 14.5 Å². The number of fused-ring (bicyclic) bond motifs is 1. The minimum Gasteiger partial charge on any atom is -0.507 e. The molecule has 5 rings (SSSR count). The van der Waals surface area contributed by atoms with E-state index in [-0.39, 0.29) is 11.3 Å². The molecule has 1 unspecified atom stereocenters. The largest absolute Gasteiger partial charge is 0.507 e. The van der Waals surface area contributed by atoms with E-state index in [4.69, 9.17) is 9.47 Å². The highest BCUT2D eigenvalue weighted by Crippen LogP contribution is 2.45. The second-order valence-electron chi connectivity index (χ2n) is 9.05. The number of rotatable bonds is 6. The number of aromatic nitrogens is 1. The Morgan fingerprint density at radius 1 is 0.946 bits per heavy atom. The van der Waals surface area contributed by atoms with Crippen molar-refractivity contribution in [2.45, 2.75) is 25.8 Å². The second-order valence-corrected chi connectivity index (χ2v) is 10.1. The Balaban J connectivity index is 1.69. The van der Waals surface area contributed by atoms with Gasteiger partial charge in [0.2, 0.25) is 0 Å². The molecule has 0 saturated carbocycles. The van der Waals surface area contributed by atoms with Gasteiger partial charge >= 0.3 is 5.91 Å². The van der Waals surface area contributed by atoms with Crippen molar-refractivity contribution in [3.8, 4) is 11.5 Å². The van der Waals surface area contributed by atoms with E-state index in [1.807, 2.05) is 36.4 Å². The SMILES string of the molecule is COc1ccc(C(O)=C2C(=O)C(=O)N(c3nc4ccc(OC)cc4s3)C2c2ccc(C(C)C)cc2)cc1. The first-order valence-electron chi connectivity index (χ1n) is 11.8. The van der Waals surface area contributed by atoms with E-state index in [2.05, 4.69) is 18.8 Å². The normalized spacial score (nSPS) is 17.1. The maximum absolute atomic E-state index is 13.5. The van der Waals surface area contributed by atoms with Crippen LogP contribution in [0.25, 0.3) is 16.0 Å². The smallest absolute Gasteiger partial charge is 0.301 e. The predicted octanol–water partition coefficient (Wildman–Crippen LogP) is 6.06. The van der Waals surface area contributed by atoms with Crippen LogP contribution in [-0.2, 0) is 9.59 Å². The minimum absolute atomic E-state index is 0.0179. The van der Waals surface area contributed by atoms with Gasteiger partial charge in [0.1, 0.15) is 17.3 Å². The molecule has 1 aromatic heterocycles. The van der Waals surface area contributed by atoms with E-state index < -0.39 is 17.7 Å². The third kappa shape index (κ3) is 4.34. The van der Waals surface area contributed by atoms with Crippen molar-refractivity contribution in [1.82, 2.24) is 4.98 Å². The zero-order valence-corrected chi connectivity index (χ0v) is 21.7. The van der Waals surface area contributed by atoms with Gasteiger partial charge in [-0.1, -0.05) is 49.4 Å². The summed E-state index contributed by atoms with van der Waals surface area (Å²) in [4.78, 5) is 32.9. The molecule has 3 aromatic carbocycles. The molecule has 188 valence electrons. The number of Topliss-reactive ketones (excluding diaryl/α,β-unsaturated/α-hetero) is 1. The van der Waals surface area contributed by atoms with E-state index in [0.717, 1.165) is 10.3 Å². The van der Waals surface area contributed by atoms with Crippen molar-refractivity contribution in [3.63, 3.8) is 0 Å². The number of anilines is 1. The van der Waals surface area contributed by atoms with Crippen LogP contribution in [0.15, 0.2) is 72.3 Å². The van der Waals surface area contributed by atoms with Gasteiger partial charge in [0, 0.05) is 5.56 Å². The van der Waals surface area contributed by atoms with Crippen LogP contribution in [0.1, 0.15) is 42.5 Å². The number of nitrogens with zero attached hydrogens (tertiary/aromatic N) is 2. The number of benzene rings is 3. The van der Waals surface area contributed by atoms with Crippen molar-refractivity contribution in [3.05, 3.63) is 89.0 Å². The number of amides is 1. The average Bonchev–Trinajstić information content (AvgIpc) is 3.45. The lowest BCUT2D eigenvalue weighted by Crippen LogP contribution is -2.29. The van der Waals surface area contributed by atoms with E-state index in [9.17, 15) is 14.7 Å². The average molecular weight is 515 g/mol. The van der Waals surface area contributed by atoms with Gasteiger partial charge < -0.3 is 14.6 Å². The van der Waals surface area contributed by atoms with Gasteiger partial charge in [0.25, 0.3) is 5.78 Å². The Bertz CT molecular complexity index is 1520. The Kier molecular flexibility index (Phi) is 6.43. The molecule has 1 aliphatic rings. The topological polar surface area (TPSA) is 89.0 Å². The highest BCUT2D eigenvalue weighted by molar-refractivity contribution is 7.22. The number of carbonyl (C=O) groups is 2. The molecule has 0 aliphatic carbocycles. The van der Waals surface area contributed by atoms with E-state index in [1.165, 1.54) is 16.2 Å². The molecular formula is C29H26N2O5S. The Morgan fingerprint density at radius 2 is 1.59 bits per heavy atom. The zero-order chi connectivity index (χ0) is 26.3. The van der Waals surface area contributed by atoms with Gasteiger partial charge in [0.15, 0.2) is 5.13 Å². The number of methoxy groups -OCH3 is 2. The van der Waals surface area contributed by atoms with Crippen molar-refractivity contribution >= 4 is 44.1 Å². The molecular weight excluding hydrogens is 488 g/mol. The lowest BCUT2D eigenvalue weighted by atomic mass is 9.93. The van der Waals surface area contributed by atoms with Crippen molar-refractivity contribution in [1.29, 1.82) is 0 Å². The molecule has 2 heterocycles. The summed E-state index contributed by atoms with van der Waals surface area (Å²) in [5, 5.41) is 11.7. The van der Waals surface area contributed by atoms with Gasteiger partial charge in [0.05, 0.1) is 36.1 Å². The van der Waals surface area contributed by atoms with Gasteiger partial charge in [-0.15, -0.1) is 0 Å². The zero-order valence-electron chi connectivity index (χ0n) is 20.9. The number of hydrogen-bond acceptors (Lipinski definition) is 7. The summed E-state index contributed by atoms with van der Waals surface area (Å²) >= 11 is 1.29. The van der Waals surface area contributed by atoms with Crippen LogP contribution >= 0.6 is 11.3 Å². The number of hydrogen-bond donors (Lipinski definition) is 1. The molecule has 0 radical (unpaired) electrons. The summed E-state index contributed by atoms with van der Waals surface area (Å²) in [6.45, 7) is 4.19. The molecule has 1 saturated heterocycles. The predicted molar refractivity (Wildman–Crippen MR) is 144 cm³/mol. The third-order valence-electron chi connectivity index (χ3n) is 6.52. The molecule has 1 N–H and O–H groups in total. The summed E-state index contributed by atoms with van der Waals surface area (Å²) in [5.74, 6) is -0.141. The Hall–Kier alpha value is -4.17. The molecule has 1 fully saturated rings. The molecule has 0 bridgehead atoms. The summed E-state index contributed by atoms with van der Waals surface area (Å²) < 4.78 is 11.4. The van der Waals surface area contributed by atoms with Crippen molar-refractivity contribution in [2.24, 2.45) is 0 Å². The number of carbonyl (C=O) groups excluding carboxylic acids is 2. The van der Waals surface area contributed by atoms with Crippen LogP contribution in [0.5, 0.6) is 11.5 Å². The summed E-state index contributed by atoms with van der Waals surface area (Å²) in [5.41, 5.74) is 2.95. The second kappa shape index (κ2) is 9.71. The maximum Gasteiger partial charge on any atom is 0.301 e. The Morgan fingerprint density at radius 3 is 2.22 bits per heavy atom. The highest BCUT2D eigenvalue weighted by atomic mass is 32.1. The molecule has 1 amide bonds. The third-order valence-corrected chi connectivity index (χ3v) is 7.53. The van der Waals surface area contributed by atoms with E-state index in [0.29, 0.717) is 39.2 Å². The van der Waals surface area contributed by atoms with Gasteiger partial charge in [-0.05, 0) is 59.5 Å². The number of aliphatic hydroxyl groups is 1. The van der Waals surface area contributed by atoms with Crippen LogP contribution in [0.4, 0.5) is 5.13 Å². The number of ether oxygens (including phenoxy) is 2. The number of thiazole rings is 1. The lowest BCUT2D eigenvalue weighted by molar-refractivity contribution is -0.132. The van der Waals surface area contributed by atoms with Crippen LogP contribution in [0.2, 0.25) is 0 Å². The van der Waals surface area contributed by atoms with Crippen molar-refractivity contribution in [2.75, 3.05) is 19.1 Å². The molecule has 1 atom stereocenters. The first kappa shape index (κ1) is 24.5. The molecule has 1 aliphatic heterocycles. The summed E-state index contributed by atoms with van der Waals surface area (Å²) in [6.07, 6.45) is 0. The molecule has 0 spiro atoms. The first-order chi connectivity index (χ1) is 17.8. The molecule has 7 nitrogen and oxygen atoms in total. The van der Waals surface area contributed by atoms with Gasteiger partial charge in [-0.25, -0.2) is 4.98 Å². The van der Waals surface area contributed by atoms with E-state index >= 15 is 0 Å². The van der Waals surface area contributed by atoms with Crippen LogP contribution in [0, 0.1) is 0 Å². The summed E-state index contributed by atoms with van der Waals surface area (Å²) in [6, 6.07) is 19.1. The molecule has 4 aromatic rings. The van der Waals surface area contributed by atoms with Crippen LogP contribution in [0.3, 0.4) is 0 Å². The minimum atomic E-state index is -0.842. The fourth-order valence-corrected chi connectivity index (χ4v) is 5.46. The molecule has 8 heteroatoms. The number of aliphatic hydroxyl groups excluding tert-OH is 1. The van der Waals surface area contributed by atoms with E-state index in [1.54, 1.807) is 44.6 Å². The van der Waals surface area contributed by atoms with Crippen LogP contribution in [-0.4, -0.2) is 36.0 Å². The molecule has 37 heavy (non-hydrogen) atoms. The van der Waals surface area contributed by atoms with Crippen LogP contribution < -0.4 is 14.4 Å². The lowest BCUT2D eigenvalue weighted by Gasteiger charge is -2.23. The highest BCUT2D eigenvalue weighted by Gasteiger charge is 2.48.